The Morgan fingerprint density at radius 2 is 2.21 bits per heavy atom. The van der Waals surface area contributed by atoms with E-state index in [0.717, 1.165) is 13.0 Å². The molecule has 0 atom stereocenters. The summed E-state index contributed by atoms with van der Waals surface area (Å²) in [4.78, 5) is 15.5. The van der Waals surface area contributed by atoms with Gasteiger partial charge < -0.3 is 9.64 Å². The standard InChI is InChI=1S/C12H15ClN4OS/c1-3-18-12-15-10(13)14-11(16-12)17(2)7-6-9-5-4-8-19-9/h4-5,8H,3,6-7H2,1-2H3. The van der Waals surface area contributed by atoms with Gasteiger partial charge in [0.05, 0.1) is 6.61 Å². The predicted octanol–water partition coefficient (Wildman–Crippen LogP) is 2.66. The fraction of sp³-hybridized carbons (Fsp3) is 0.417. The Hall–Kier alpha value is -1.40. The molecule has 19 heavy (non-hydrogen) atoms. The van der Waals surface area contributed by atoms with Crippen molar-refractivity contribution in [3.8, 4) is 6.01 Å². The van der Waals surface area contributed by atoms with Gasteiger partial charge in [-0.3, -0.25) is 0 Å². The number of aromatic nitrogens is 3. The number of hydrogen-bond acceptors (Lipinski definition) is 6. The monoisotopic (exact) mass is 298 g/mol. The van der Waals surface area contributed by atoms with Crippen LogP contribution in [-0.4, -0.2) is 35.2 Å². The van der Waals surface area contributed by atoms with Crippen LogP contribution < -0.4 is 9.64 Å². The summed E-state index contributed by atoms with van der Waals surface area (Å²) in [6, 6.07) is 4.43. The number of nitrogens with zero attached hydrogens (tertiary/aromatic N) is 4. The maximum absolute atomic E-state index is 5.86. The van der Waals surface area contributed by atoms with E-state index in [2.05, 4.69) is 26.4 Å². The number of halogens is 1. The molecule has 0 fully saturated rings. The molecule has 0 N–H and O–H groups in total. The van der Waals surface area contributed by atoms with Crippen molar-refractivity contribution in [3.05, 3.63) is 27.7 Å². The smallest absolute Gasteiger partial charge is 0.322 e. The first-order valence-electron chi connectivity index (χ1n) is 5.97. The van der Waals surface area contributed by atoms with Crippen molar-refractivity contribution in [1.29, 1.82) is 0 Å². The van der Waals surface area contributed by atoms with Crippen molar-refractivity contribution < 1.29 is 4.74 Å². The van der Waals surface area contributed by atoms with E-state index in [-0.39, 0.29) is 11.3 Å². The van der Waals surface area contributed by atoms with Gasteiger partial charge in [-0.15, -0.1) is 11.3 Å². The van der Waals surface area contributed by atoms with Crippen LogP contribution in [0.5, 0.6) is 6.01 Å². The molecule has 2 rings (SSSR count). The minimum absolute atomic E-state index is 0.149. The van der Waals surface area contributed by atoms with E-state index in [4.69, 9.17) is 16.3 Å². The maximum Gasteiger partial charge on any atom is 0.322 e. The molecule has 0 unspecified atom stereocenters. The summed E-state index contributed by atoms with van der Waals surface area (Å²) in [7, 11) is 1.93. The Kier molecular flexibility index (Phi) is 4.93. The fourth-order valence-corrected chi connectivity index (χ4v) is 2.37. The third-order valence-electron chi connectivity index (χ3n) is 2.46. The third kappa shape index (κ3) is 4.04. The highest BCUT2D eigenvalue weighted by Crippen LogP contribution is 2.15. The van der Waals surface area contributed by atoms with Gasteiger partial charge in [-0.25, -0.2) is 0 Å². The highest BCUT2D eigenvalue weighted by Gasteiger charge is 2.10. The number of hydrogen-bond donors (Lipinski definition) is 0. The lowest BCUT2D eigenvalue weighted by atomic mass is 10.3. The Morgan fingerprint density at radius 1 is 1.37 bits per heavy atom. The van der Waals surface area contributed by atoms with Crippen molar-refractivity contribution in [3.63, 3.8) is 0 Å². The average molecular weight is 299 g/mol. The van der Waals surface area contributed by atoms with Gasteiger partial charge in [-0.1, -0.05) is 6.07 Å². The summed E-state index contributed by atoms with van der Waals surface area (Å²) in [5, 5.41) is 2.22. The van der Waals surface area contributed by atoms with E-state index in [0.29, 0.717) is 12.6 Å². The summed E-state index contributed by atoms with van der Waals surface area (Å²) < 4.78 is 5.26. The van der Waals surface area contributed by atoms with Crippen LogP contribution in [0, 0.1) is 0 Å². The zero-order chi connectivity index (χ0) is 13.7. The second kappa shape index (κ2) is 6.68. The summed E-state index contributed by atoms with van der Waals surface area (Å²) in [5.74, 6) is 0.528. The molecule has 102 valence electrons. The first-order valence-corrected chi connectivity index (χ1v) is 7.22. The summed E-state index contributed by atoms with van der Waals surface area (Å²) in [6.45, 7) is 3.18. The minimum Gasteiger partial charge on any atom is -0.464 e. The maximum atomic E-state index is 5.86. The van der Waals surface area contributed by atoms with E-state index in [9.17, 15) is 0 Å². The molecular weight excluding hydrogens is 284 g/mol. The molecule has 0 spiro atoms. The van der Waals surface area contributed by atoms with E-state index >= 15 is 0 Å². The second-order valence-electron chi connectivity index (χ2n) is 3.87. The molecule has 5 nitrogen and oxygen atoms in total. The zero-order valence-electron chi connectivity index (χ0n) is 10.8. The molecule has 2 heterocycles. The fourth-order valence-electron chi connectivity index (χ4n) is 1.52. The SMILES string of the molecule is CCOc1nc(Cl)nc(N(C)CCc2cccs2)n1. The van der Waals surface area contributed by atoms with Crippen molar-refractivity contribution >= 4 is 28.9 Å². The molecule has 2 aromatic rings. The number of rotatable bonds is 6. The minimum atomic E-state index is 0.149. The van der Waals surface area contributed by atoms with Crippen molar-refractivity contribution in [2.45, 2.75) is 13.3 Å². The van der Waals surface area contributed by atoms with Crippen LogP contribution >= 0.6 is 22.9 Å². The quantitative estimate of drug-likeness (QED) is 0.820. The van der Waals surface area contributed by atoms with E-state index in [1.165, 1.54) is 4.88 Å². The van der Waals surface area contributed by atoms with Crippen LogP contribution in [0.1, 0.15) is 11.8 Å². The Morgan fingerprint density at radius 3 is 2.89 bits per heavy atom. The van der Waals surface area contributed by atoms with Crippen molar-refractivity contribution in [2.75, 3.05) is 25.1 Å². The van der Waals surface area contributed by atoms with Gasteiger partial charge in [0, 0.05) is 18.5 Å². The van der Waals surface area contributed by atoms with Crippen LogP contribution in [0.2, 0.25) is 5.28 Å². The molecular formula is C12H15ClN4OS. The summed E-state index contributed by atoms with van der Waals surface area (Å²) in [5.41, 5.74) is 0. The lowest BCUT2D eigenvalue weighted by molar-refractivity contribution is 0.311. The lowest BCUT2D eigenvalue weighted by Crippen LogP contribution is -2.23. The zero-order valence-corrected chi connectivity index (χ0v) is 12.4. The van der Waals surface area contributed by atoms with Gasteiger partial charge in [-0.05, 0) is 36.4 Å². The molecule has 0 aliphatic carbocycles. The second-order valence-corrected chi connectivity index (χ2v) is 5.24. The van der Waals surface area contributed by atoms with Crippen molar-refractivity contribution in [1.82, 2.24) is 15.0 Å². The summed E-state index contributed by atoms with van der Waals surface area (Å²) in [6.07, 6.45) is 0.946. The van der Waals surface area contributed by atoms with Crippen LogP contribution in [0.25, 0.3) is 0 Å². The normalized spacial score (nSPS) is 10.5. The van der Waals surface area contributed by atoms with Gasteiger partial charge in [0.2, 0.25) is 11.2 Å². The molecule has 2 aromatic heterocycles. The van der Waals surface area contributed by atoms with E-state index < -0.39 is 0 Å². The summed E-state index contributed by atoms with van der Waals surface area (Å²) >= 11 is 7.61. The molecule has 7 heteroatoms. The van der Waals surface area contributed by atoms with Crippen molar-refractivity contribution in [2.24, 2.45) is 0 Å². The molecule has 0 aliphatic heterocycles. The van der Waals surface area contributed by atoms with Crippen LogP contribution in [-0.2, 0) is 6.42 Å². The Balaban J connectivity index is 2.03. The molecule has 0 bridgehead atoms. The first kappa shape index (κ1) is 14.0. The molecule has 0 aliphatic rings. The molecule has 0 amide bonds. The number of likely N-dealkylation sites (N-methyl/N-ethyl adjacent to an activating group) is 1. The highest BCUT2D eigenvalue weighted by atomic mass is 35.5. The first-order chi connectivity index (χ1) is 9.19. The van der Waals surface area contributed by atoms with Gasteiger partial charge >= 0.3 is 6.01 Å². The van der Waals surface area contributed by atoms with Gasteiger partial charge in [0.15, 0.2) is 0 Å². The van der Waals surface area contributed by atoms with Crippen LogP contribution in [0.3, 0.4) is 0 Å². The van der Waals surface area contributed by atoms with Gasteiger partial charge in [0.1, 0.15) is 0 Å². The molecule has 0 saturated heterocycles. The topological polar surface area (TPSA) is 51.1 Å². The lowest BCUT2D eigenvalue weighted by Gasteiger charge is -2.16. The van der Waals surface area contributed by atoms with Gasteiger partial charge in [0.25, 0.3) is 0 Å². The molecule has 0 saturated carbocycles. The Labute approximate surface area is 121 Å². The number of anilines is 1. The van der Waals surface area contributed by atoms with Gasteiger partial charge in [-0.2, -0.15) is 15.0 Å². The number of ether oxygens (including phenoxy) is 1. The predicted molar refractivity (Wildman–Crippen MR) is 77.3 cm³/mol. The largest absolute Gasteiger partial charge is 0.464 e. The third-order valence-corrected chi connectivity index (χ3v) is 3.57. The number of thiophene rings is 1. The van der Waals surface area contributed by atoms with E-state index in [1.54, 1.807) is 11.3 Å². The van der Waals surface area contributed by atoms with Crippen LogP contribution in [0.15, 0.2) is 17.5 Å². The highest BCUT2D eigenvalue weighted by molar-refractivity contribution is 7.09. The average Bonchev–Trinajstić information content (AvgIpc) is 2.88. The molecule has 0 aromatic carbocycles. The molecule has 0 radical (unpaired) electrons. The van der Waals surface area contributed by atoms with E-state index in [1.807, 2.05) is 24.9 Å². The Bertz CT molecular complexity index is 520. The van der Waals surface area contributed by atoms with Crippen LogP contribution in [0.4, 0.5) is 5.95 Å².